The molecule has 8 bridgehead atoms. The summed E-state index contributed by atoms with van der Waals surface area (Å²) in [6, 6.07) is 5.83. The van der Waals surface area contributed by atoms with Crippen LogP contribution in [0.4, 0.5) is 0 Å². The van der Waals surface area contributed by atoms with Gasteiger partial charge in [-0.15, -0.1) is 6.58 Å². The Hall–Kier alpha value is -5.33. The molecule has 5 heterocycles. The Morgan fingerprint density at radius 3 is 2.26 bits per heavy atom. The van der Waals surface area contributed by atoms with Gasteiger partial charge in [-0.05, 0) is 74.1 Å². The van der Waals surface area contributed by atoms with Gasteiger partial charge in [0, 0.05) is 57.1 Å². The molecule has 0 amide bonds. The van der Waals surface area contributed by atoms with Gasteiger partial charge in [0.15, 0.2) is 0 Å². The van der Waals surface area contributed by atoms with Gasteiger partial charge in [-0.2, -0.15) is 0 Å². The number of aromatic amines is 2. The van der Waals surface area contributed by atoms with E-state index in [0.29, 0.717) is 48.9 Å². The maximum absolute atomic E-state index is 13.6. The summed E-state index contributed by atoms with van der Waals surface area (Å²) < 4.78 is 16.4. The summed E-state index contributed by atoms with van der Waals surface area (Å²) >= 11 is 0. The quantitative estimate of drug-likeness (QED) is 0.0671. The van der Waals surface area contributed by atoms with Crippen LogP contribution >= 0.6 is 0 Å². The molecule has 12 heteroatoms. The fourth-order valence-corrected chi connectivity index (χ4v) is 7.17. The normalized spacial score (nSPS) is 15.4. The van der Waals surface area contributed by atoms with E-state index in [2.05, 4.69) is 30.0 Å². The lowest BCUT2D eigenvalue weighted by Crippen LogP contribution is -2.17. The number of carbonyl (C=O) groups is 3. The summed E-state index contributed by atoms with van der Waals surface area (Å²) in [5.41, 5.74) is 9.62. The third-order valence-corrected chi connectivity index (χ3v) is 10.0. The van der Waals surface area contributed by atoms with Crippen LogP contribution in [0.15, 0.2) is 37.4 Å². The summed E-state index contributed by atoms with van der Waals surface area (Å²) in [6.45, 7) is 18.6. The standard InChI is InChI=1S/C41H48N4O8/c1-8-13-51-14-15-52-16-17-53-37(48)18-29-39-28(11-12-36(46)47)24(6)32(44-39)19-30-22(4)26(9-2)34(42-30)20-31-23(5)27(10-3)35(43-31)21-33-25(7)38(41(49)50)40(29)45-33/h8-9,19-21,24,28,42-43H,1-2,10-18H2,3-7H3,(H,46,47)(H,49,50). The third-order valence-electron chi connectivity index (χ3n) is 10.0. The van der Waals surface area contributed by atoms with Crippen LogP contribution in [0, 0.1) is 13.8 Å². The summed E-state index contributed by atoms with van der Waals surface area (Å²) in [5, 5.41) is 20.3. The zero-order valence-electron chi connectivity index (χ0n) is 31.1. The van der Waals surface area contributed by atoms with E-state index in [4.69, 9.17) is 24.2 Å². The lowest BCUT2D eigenvalue weighted by molar-refractivity contribution is -0.144. The summed E-state index contributed by atoms with van der Waals surface area (Å²) in [5.74, 6) is -3.54. The Balaban J connectivity index is 1.79. The van der Waals surface area contributed by atoms with Gasteiger partial charge in [-0.1, -0.05) is 32.6 Å². The molecule has 2 unspecified atom stereocenters. The number of nitrogens with one attached hydrogen (secondary N) is 2. The fourth-order valence-electron chi connectivity index (χ4n) is 7.17. The van der Waals surface area contributed by atoms with Crippen molar-refractivity contribution in [3.05, 3.63) is 88.0 Å². The van der Waals surface area contributed by atoms with E-state index in [1.807, 2.05) is 45.0 Å². The first-order valence-corrected chi connectivity index (χ1v) is 17.9. The smallest absolute Gasteiger partial charge is 0.338 e. The Morgan fingerprint density at radius 2 is 1.58 bits per heavy atom. The van der Waals surface area contributed by atoms with Crippen molar-refractivity contribution in [1.82, 2.24) is 19.9 Å². The monoisotopic (exact) mass is 724 g/mol. The maximum Gasteiger partial charge on any atom is 0.338 e. The van der Waals surface area contributed by atoms with Crippen LogP contribution in [0.5, 0.6) is 0 Å². The SMILES string of the molecule is C=CCOCCOCCOC(=O)Cc1c2nc(cc3[nH]c(cc4[nH]c(cc5nc1C(CCC(=O)O)C5C)c(C)c4C=C)c(C)c3CC)C(C)=C2C(=O)O. The van der Waals surface area contributed by atoms with E-state index in [-0.39, 0.29) is 55.2 Å². The van der Waals surface area contributed by atoms with Gasteiger partial charge >= 0.3 is 17.9 Å². The molecule has 0 aromatic carbocycles. The predicted octanol–water partition coefficient (Wildman–Crippen LogP) is 7.21. The highest BCUT2D eigenvalue weighted by Crippen LogP contribution is 2.43. The molecule has 280 valence electrons. The van der Waals surface area contributed by atoms with Crippen molar-refractivity contribution in [3.8, 4) is 0 Å². The zero-order chi connectivity index (χ0) is 38.4. The van der Waals surface area contributed by atoms with Crippen LogP contribution in [0.1, 0.15) is 96.0 Å². The minimum Gasteiger partial charge on any atom is -0.481 e. The van der Waals surface area contributed by atoms with E-state index in [1.165, 1.54) is 0 Å². The van der Waals surface area contributed by atoms with E-state index < -0.39 is 23.8 Å². The van der Waals surface area contributed by atoms with E-state index in [0.717, 1.165) is 44.3 Å². The lowest BCUT2D eigenvalue weighted by Gasteiger charge is -2.18. The number of ether oxygens (including phenoxy) is 3. The molecular formula is C41H48N4O8. The number of aromatic nitrogens is 4. The van der Waals surface area contributed by atoms with E-state index >= 15 is 0 Å². The van der Waals surface area contributed by atoms with Gasteiger partial charge in [-0.3, -0.25) is 14.6 Å². The highest BCUT2D eigenvalue weighted by molar-refractivity contribution is 6.24. The first-order chi connectivity index (χ1) is 25.4. The first-order valence-electron chi connectivity index (χ1n) is 17.9. The molecular weight excluding hydrogens is 676 g/mol. The van der Waals surface area contributed by atoms with Crippen LogP contribution in [-0.4, -0.2) is 81.1 Å². The topological polar surface area (TPSA) is 177 Å². The summed E-state index contributed by atoms with van der Waals surface area (Å²) in [7, 11) is 0. The number of aryl methyl sites for hydroxylation is 3. The largest absolute Gasteiger partial charge is 0.481 e. The number of allylic oxidation sites excluding steroid dienone is 1. The van der Waals surface area contributed by atoms with Crippen molar-refractivity contribution in [2.45, 2.75) is 72.1 Å². The number of nitrogens with zero attached hydrogens (tertiary/aromatic N) is 2. The fraction of sp³-hybridized carbons (Fsp3) is 0.390. The molecule has 4 N–H and O–H groups in total. The molecule has 0 saturated heterocycles. The predicted molar refractivity (Wildman–Crippen MR) is 205 cm³/mol. The van der Waals surface area contributed by atoms with Gasteiger partial charge in [0.25, 0.3) is 0 Å². The molecule has 3 aromatic heterocycles. The number of esters is 1. The lowest BCUT2D eigenvalue weighted by atomic mass is 9.84. The van der Waals surface area contributed by atoms with E-state index in [1.54, 1.807) is 13.0 Å². The van der Waals surface area contributed by atoms with E-state index in [9.17, 15) is 24.6 Å². The highest BCUT2D eigenvalue weighted by atomic mass is 16.6. The Labute approximate surface area is 308 Å². The molecule has 2 aliphatic rings. The second-order valence-corrected chi connectivity index (χ2v) is 13.3. The minimum absolute atomic E-state index is 0.0340. The number of fused-ring (bicyclic) bond motifs is 8. The summed E-state index contributed by atoms with van der Waals surface area (Å²) in [6.07, 6.45) is 3.88. The highest BCUT2D eigenvalue weighted by Gasteiger charge is 2.35. The van der Waals surface area contributed by atoms with Crippen molar-refractivity contribution in [1.29, 1.82) is 0 Å². The average Bonchev–Trinajstić information content (AvgIpc) is 3.80. The van der Waals surface area contributed by atoms with Crippen molar-refractivity contribution in [3.63, 3.8) is 0 Å². The second kappa shape index (κ2) is 17.0. The van der Waals surface area contributed by atoms with Crippen LogP contribution in [0.2, 0.25) is 0 Å². The van der Waals surface area contributed by atoms with Crippen LogP contribution in [0.25, 0.3) is 39.3 Å². The van der Waals surface area contributed by atoms with Crippen LogP contribution in [-0.2, 0) is 41.4 Å². The number of H-pyrrole nitrogens is 2. The number of rotatable bonds is 16. The first kappa shape index (κ1) is 38.9. The van der Waals surface area contributed by atoms with Crippen molar-refractivity contribution >= 4 is 57.2 Å². The molecule has 0 aliphatic carbocycles. The van der Waals surface area contributed by atoms with Gasteiger partial charge in [-0.25, -0.2) is 9.78 Å². The number of hydrogen-bond acceptors (Lipinski definition) is 8. The molecule has 0 fully saturated rings. The van der Waals surface area contributed by atoms with Gasteiger partial charge < -0.3 is 34.4 Å². The van der Waals surface area contributed by atoms with Crippen LogP contribution < -0.4 is 0 Å². The van der Waals surface area contributed by atoms with Crippen molar-refractivity contribution in [2.24, 2.45) is 0 Å². The molecule has 12 nitrogen and oxygen atoms in total. The van der Waals surface area contributed by atoms with Gasteiger partial charge in [0.1, 0.15) is 6.61 Å². The Kier molecular flexibility index (Phi) is 12.5. The molecule has 0 spiro atoms. The van der Waals surface area contributed by atoms with Gasteiger partial charge in [0.05, 0.1) is 55.5 Å². The molecule has 0 radical (unpaired) electrons. The summed E-state index contributed by atoms with van der Waals surface area (Å²) in [4.78, 5) is 55.5. The maximum atomic E-state index is 13.6. The molecule has 2 atom stereocenters. The Morgan fingerprint density at radius 1 is 0.887 bits per heavy atom. The zero-order valence-corrected chi connectivity index (χ0v) is 31.1. The van der Waals surface area contributed by atoms with Gasteiger partial charge in [0.2, 0.25) is 0 Å². The second-order valence-electron chi connectivity index (χ2n) is 13.3. The Bertz CT molecular complexity index is 2140. The molecule has 2 aliphatic heterocycles. The third kappa shape index (κ3) is 8.34. The van der Waals surface area contributed by atoms with Crippen molar-refractivity contribution < 1.29 is 38.8 Å². The van der Waals surface area contributed by atoms with Crippen LogP contribution in [0.3, 0.4) is 0 Å². The number of carboxylic acids is 2. The molecule has 5 rings (SSSR count). The average molecular weight is 725 g/mol. The molecule has 53 heavy (non-hydrogen) atoms. The minimum atomic E-state index is -1.21. The number of aliphatic carboxylic acids is 2. The number of carboxylic acid groups (broad SMARTS) is 2. The number of carbonyl (C=O) groups excluding carboxylic acids is 1. The number of hydrogen-bond donors (Lipinski definition) is 4. The van der Waals surface area contributed by atoms with Crippen molar-refractivity contribution in [2.75, 3.05) is 33.0 Å². The molecule has 0 saturated carbocycles. The molecule has 3 aromatic rings.